The van der Waals surface area contributed by atoms with Crippen LogP contribution in [-0.4, -0.2) is 43.8 Å². The van der Waals surface area contributed by atoms with Crippen LogP contribution in [0.1, 0.15) is 26.7 Å². The number of nitrogens with zero attached hydrogens (tertiary/aromatic N) is 1. The van der Waals surface area contributed by atoms with Gasteiger partial charge in [0.15, 0.2) is 0 Å². The Morgan fingerprint density at radius 2 is 2.21 bits per heavy atom. The molecule has 1 heterocycles. The molecule has 2 N–H and O–H groups in total. The number of hydrogen-bond donors (Lipinski definition) is 1. The molecule has 0 bridgehead atoms. The van der Waals surface area contributed by atoms with E-state index in [4.69, 9.17) is 10.5 Å². The van der Waals surface area contributed by atoms with Gasteiger partial charge in [-0.15, -0.1) is 0 Å². The highest BCUT2D eigenvalue weighted by Crippen LogP contribution is 2.18. The van der Waals surface area contributed by atoms with Crippen LogP contribution < -0.4 is 5.73 Å². The normalized spacial score (nSPS) is 24.2. The van der Waals surface area contributed by atoms with E-state index in [0.29, 0.717) is 12.5 Å². The maximum atomic E-state index is 5.74. The SMILES string of the molecule is CN(CC1CCCOC1)C(C)(C)CN. The molecule has 3 nitrogen and oxygen atoms in total. The lowest BCUT2D eigenvalue weighted by Gasteiger charge is -2.37. The molecule has 3 heteroatoms. The van der Waals surface area contributed by atoms with E-state index in [0.717, 1.165) is 19.8 Å². The topological polar surface area (TPSA) is 38.5 Å². The number of rotatable bonds is 4. The summed E-state index contributed by atoms with van der Waals surface area (Å²) in [5.74, 6) is 0.694. The van der Waals surface area contributed by atoms with Gasteiger partial charge in [0, 0.05) is 25.2 Å². The van der Waals surface area contributed by atoms with Crippen LogP contribution >= 0.6 is 0 Å². The first kappa shape index (κ1) is 12.0. The largest absolute Gasteiger partial charge is 0.381 e. The van der Waals surface area contributed by atoms with Crippen LogP contribution in [-0.2, 0) is 4.74 Å². The Morgan fingerprint density at radius 3 is 2.71 bits per heavy atom. The second-order valence-corrected chi connectivity index (χ2v) is 4.98. The monoisotopic (exact) mass is 200 g/mol. The minimum atomic E-state index is 0.109. The summed E-state index contributed by atoms with van der Waals surface area (Å²) in [7, 11) is 2.15. The minimum Gasteiger partial charge on any atom is -0.381 e. The molecular formula is C11H24N2O. The third-order valence-electron chi connectivity index (χ3n) is 3.32. The molecule has 84 valence electrons. The van der Waals surface area contributed by atoms with E-state index < -0.39 is 0 Å². The van der Waals surface area contributed by atoms with E-state index in [-0.39, 0.29) is 5.54 Å². The van der Waals surface area contributed by atoms with Gasteiger partial charge in [-0.25, -0.2) is 0 Å². The van der Waals surface area contributed by atoms with Gasteiger partial charge in [-0.2, -0.15) is 0 Å². The van der Waals surface area contributed by atoms with Crippen molar-refractivity contribution in [1.82, 2.24) is 4.90 Å². The van der Waals surface area contributed by atoms with Crippen molar-refractivity contribution in [2.45, 2.75) is 32.2 Å². The highest BCUT2D eigenvalue weighted by atomic mass is 16.5. The molecule has 0 radical (unpaired) electrons. The highest BCUT2D eigenvalue weighted by Gasteiger charge is 2.25. The van der Waals surface area contributed by atoms with Gasteiger partial charge in [0.25, 0.3) is 0 Å². The summed E-state index contributed by atoms with van der Waals surface area (Å²) in [6.07, 6.45) is 2.51. The number of ether oxygens (including phenoxy) is 1. The second-order valence-electron chi connectivity index (χ2n) is 4.98. The van der Waals surface area contributed by atoms with E-state index in [1.807, 2.05) is 0 Å². The summed E-state index contributed by atoms with van der Waals surface area (Å²) in [5.41, 5.74) is 5.85. The first-order valence-corrected chi connectivity index (χ1v) is 5.55. The quantitative estimate of drug-likeness (QED) is 0.738. The van der Waals surface area contributed by atoms with Gasteiger partial charge >= 0.3 is 0 Å². The van der Waals surface area contributed by atoms with Crippen molar-refractivity contribution < 1.29 is 4.74 Å². The first-order valence-electron chi connectivity index (χ1n) is 5.55. The van der Waals surface area contributed by atoms with Crippen molar-refractivity contribution in [3.05, 3.63) is 0 Å². The molecule has 0 aromatic carbocycles. The van der Waals surface area contributed by atoms with Gasteiger partial charge in [-0.3, -0.25) is 4.90 Å². The van der Waals surface area contributed by atoms with Gasteiger partial charge in [0.05, 0.1) is 6.61 Å². The van der Waals surface area contributed by atoms with E-state index in [1.165, 1.54) is 12.8 Å². The van der Waals surface area contributed by atoms with Gasteiger partial charge in [-0.1, -0.05) is 0 Å². The molecule has 1 atom stereocenters. The predicted molar refractivity (Wildman–Crippen MR) is 59.3 cm³/mol. The summed E-state index contributed by atoms with van der Waals surface area (Å²) < 4.78 is 5.47. The fourth-order valence-electron chi connectivity index (χ4n) is 1.74. The Bertz CT molecular complexity index is 165. The molecule has 1 aliphatic heterocycles. The number of likely N-dealkylation sites (N-methyl/N-ethyl adjacent to an activating group) is 1. The molecule has 0 aromatic rings. The van der Waals surface area contributed by atoms with Crippen LogP contribution in [0.3, 0.4) is 0 Å². The standard InChI is InChI=1S/C11H24N2O/c1-11(2,9-12)13(3)7-10-5-4-6-14-8-10/h10H,4-9,12H2,1-3H3. The minimum absolute atomic E-state index is 0.109. The summed E-state index contributed by atoms with van der Waals surface area (Å²) in [5, 5.41) is 0. The molecule has 1 unspecified atom stereocenters. The van der Waals surface area contributed by atoms with E-state index in [1.54, 1.807) is 0 Å². The van der Waals surface area contributed by atoms with Crippen molar-refractivity contribution in [2.24, 2.45) is 11.7 Å². The van der Waals surface area contributed by atoms with Crippen LogP contribution in [0.2, 0.25) is 0 Å². The molecule has 0 aliphatic carbocycles. The zero-order chi connectivity index (χ0) is 10.6. The van der Waals surface area contributed by atoms with Crippen LogP contribution in [0.15, 0.2) is 0 Å². The number of nitrogens with two attached hydrogens (primary N) is 1. The lowest BCUT2D eigenvalue weighted by atomic mass is 9.97. The highest BCUT2D eigenvalue weighted by molar-refractivity contribution is 4.82. The average molecular weight is 200 g/mol. The zero-order valence-electron chi connectivity index (χ0n) is 9.75. The summed E-state index contributed by atoms with van der Waals surface area (Å²) >= 11 is 0. The van der Waals surface area contributed by atoms with Gasteiger partial charge < -0.3 is 10.5 Å². The summed E-state index contributed by atoms with van der Waals surface area (Å²) in [6.45, 7) is 8.06. The van der Waals surface area contributed by atoms with E-state index in [9.17, 15) is 0 Å². The first-order chi connectivity index (χ1) is 6.56. The second kappa shape index (κ2) is 5.10. The Labute approximate surface area is 87.6 Å². The van der Waals surface area contributed by atoms with Crippen LogP contribution in [0, 0.1) is 5.92 Å². The van der Waals surface area contributed by atoms with Crippen molar-refractivity contribution in [1.29, 1.82) is 0 Å². The molecule has 0 aromatic heterocycles. The third-order valence-corrected chi connectivity index (χ3v) is 3.32. The molecule has 1 saturated heterocycles. The van der Waals surface area contributed by atoms with Crippen LogP contribution in [0.5, 0.6) is 0 Å². The maximum Gasteiger partial charge on any atom is 0.0506 e. The zero-order valence-corrected chi connectivity index (χ0v) is 9.75. The van der Waals surface area contributed by atoms with Crippen LogP contribution in [0.4, 0.5) is 0 Å². The molecule has 0 saturated carbocycles. The maximum absolute atomic E-state index is 5.74. The van der Waals surface area contributed by atoms with Gasteiger partial charge in [0.2, 0.25) is 0 Å². The Morgan fingerprint density at radius 1 is 1.50 bits per heavy atom. The molecular weight excluding hydrogens is 176 g/mol. The fraction of sp³-hybridized carbons (Fsp3) is 1.00. The lowest BCUT2D eigenvalue weighted by Crippen LogP contribution is -2.49. The van der Waals surface area contributed by atoms with Crippen molar-refractivity contribution >= 4 is 0 Å². The molecule has 0 amide bonds. The van der Waals surface area contributed by atoms with E-state index in [2.05, 4.69) is 25.8 Å². The van der Waals surface area contributed by atoms with Crippen molar-refractivity contribution in [2.75, 3.05) is 33.4 Å². The van der Waals surface area contributed by atoms with Gasteiger partial charge in [0.1, 0.15) is 0 Å². The van der Waals surface area contributed by atoms with Crippen molar-refractivity contribution in [3.8, 4) is 0 Å². The van der Waals surface area contributed by atoms with Crippen molar-refractivity contribution in [3.63, 3.8) is 0 Å². The third kappa shape index (κ3) is 3.23. The fourth-order valence-corrected chi connectivity index (χ4v) is 1.74. The van der Waals surface area contributed by atoms with Crippen LogP contribution in [0.25, 0.3) is 0 Å². The molecule has 1 rings (SSSR count). The van der Waals surface area contributed by atoms with E-state index >= 15 is 0 Å². The lowest BCUT2D eigenvalue weighted by molar-refractivity contribution is 0.0270. The summed E-state index contributed by atoms with van der Waals surface area (Å²) in [4.78, 5) is 2.35. The predicted octanol–water partition coefficient (Wildman–Crippen LogP) is 1.08. The molecule has 14 heavy (non-hydrogen) atoms. The smallest absolute Gasteiger partial charge is 0.0506 e. The summed E-state index contributed by atoms with van der Waals surface area (Å²) in [6, 6.07) is 0. The Balaban J connectivity index is 2.34. The Kier molecular flexibility index (Phi) is 4.35. The molecule has 0 spiro atoms. The Hall–Kier alpha value is -0.120. The number of hydrogen-bond acceptors (Lipinski definition) is 3. The van der Waals surface area contributed by atoms with Gasteiger partial charge in [-0.05, 0) is 39.7 Å². The average Bonchev–Trinajstić information content (AvgIpc) is 2.19. The molecule has 1 aliphatic rings. The molecule has 1 fully saturated rings.